The standard InChI is InChI=1S/C18H29ClN2O4S/c1-12(2)26(23,24)18-6-5-15(7-17(18)20-9-16(22)8-19)21-10-13(3)25-14(4)11-21/h5-7,12-14,16,20,22H,8-11H2,1-4H3. The lowest BCUT2D eigenvalue weighted by molar-refractivity contribution is -0.00521. The normalized spacial score (nSPS) is 22.5. The van der Waals surface area contributed by atoms with Gasteiger partial charge in [-0.2, -0.15) is 0 Å². The summed E-state index contributed by atoms with van der Waals surface area (Å²) in [5.74, 6) is 0.0808. The van der Waals surface area contributed by atoms with Gasteiger partial charge in [0.25, 0.3) is 0 Å². The number of hydrogen-bond donors (Lipinski definition) is 2. The molecule has 0 amide bonds. The van der Waals surface area contributed by atoms with Crippen LogP contribution in [0.5, 0.6) is 0 Å². The number of anilines is 2. The van der Waals surface area contributed by atoms with Gasteiger partial charge in [-0.25, -0.2) is 8.42 Å². The second kappa shape index (κ2) is 8.78. The smallest absolute Gasteiger partial charge is 0.182 e. The van der Waals surface area contributed by atoms with Gasteiger partial charge in [0.1, 0.15) is 0 Å². The lowest BCUT2D eigenvalue weighted by Crippen LogP contribution is -2.45. The Morgan fingerprint density at radius 2 is 1.92 bits per heavy atom. The Morgan fingerprint density at radius 1 is 1.31 bits per heavy atom. The predicted octanol–water partition coefficient (Wildman–Crippen LogP) is 2.49. The molecule has 1 aliphatic heterocycles. The van der Waals surface area contributed by atoms with Gasteiger partial charge in [0.2, 0.25) is 0 Å². The van der Waals surface area contributed by atoms with Crippen LogP contribution in [0.4, 0.5) is 11.4 Å². The Hall–Kier alpha value is -1.02. The molecule has 2 rings (SSSR count). The summed E-state index contributed by atoms with van der Waals surface area (Å²) >= 11 is 5.65. The number of nitrogens with one attached hydrogen (secondary N) is 1. The highest BCUT2D eigenvalue weighted by molar-refractivity contribution is 7.92. The van der Waals surface area contributed by atoms with Crippen molar-refractivity contribution in [3.8, 4) is 0 Å². The minimum Gasteiger partial charge on any atom is -0.390 e. The zero-order valence-electron chi connectivity index (χ0n) is 15.8. The van der Waals surface area contributed by atoms with Crippen LogP contribution in [0.2, 0.25) is 0 Å². The van der Waals surface area contributed by atoms with E-state index < -0.39 is 21.2 Å². The number of sulfone groups is 1. The van der Waals surface area contributed by atoms with Gasteiger partial charge in [0.05, 0.1) is 40.0 Å². The molecule has 1 aromatic rings. The lowest BCUT2D eigenvalue weighted by atomic mass is 10.2. The fourth-order valence-corrected chi connectivity index (χ4v) is 4.34. The summed E-state index contributed by atoms with van der Waals surface area (Å²) < 4.78 is 31.2. The van der Waals surface area contributed by atoms with Gasteiger partial charge >= 0.3 is 0 Å². The van der Waals surface area contributed by atoms with E-state index in [0.717, 1.165) is 18.8 Å². The molecule has 26 heavy (non-hydrogen) atoms. The maximum Gasteiger partial charge on any atom is 0.182 e. The van der Waals surface area contributed by atoms with E-state index in [1.165, 1.54) is 0 Å². The summed E-state index contributed by atoms with van der Waals surface area (Å²) in [6.07, 6.45) is -0.544. The van der Waals surface area contributed by atoms with E-state index in [1.54, 1.807) is 19.9 Å². The van der Waals surface area contributed by atoms with Crippen LogP contribution in [-0.4, -0.2) is 62.6 Å². The molecule has 3 atom stereocenters. The fraction of sp³-hybridized carbons (Fsp3) is 0.667. The topological polar surface area (TPSA) is 78.9 Å². The number of rotatable bonds is 7. The summed E-state index contributed by atoms with van der Waals surface area (Å²) in [4.78, 5) is 2.43. The molecule has 1 saturated heterocycles. The number of benzene rings is 1. The zero-order chi connectivity index (χ0) is 19.5. The first-order valence-electron chi connectivity index (χ1n) is 8.91. The molecular formula is C18H29ClN2O4S. The summed E-state index contributed by atoms with van der Waals surface area (Å²) in [5.41, 5.74) is 1.42. The minimum absolute atomic E-state index is 0.0808. The fourth-order valence-electron chi connectivity index (χ4n) is 3.03. The van der Waals surface area contributed by atoms with Crippen LogP contribution in [-0.2, 0) is 14.6 Å². The highest BCUT2D eigenvalue weighted by Crippen LogP contribution is 2.31. The molecule has 6 nitrogen and oxygen atoms in total. The van der Waals surface area contributed by atoms with Crippen molar-refractivity contribution >= 4 is 32.8 Å². The third kappa shape index (κ3) is 5.03. The van der Waals surface area contributed by atoms with Gasteiger partial charge in [-0.05, 0) is 45.9 Å². The molecular weight excluding hydrogens is 376 g/mol. The molecule has 1 fully saturated rings. The zero-order valence-corrected chi connectivity index (χ0v) is 17.3. The van der Waals surface area contributed by atoms with Crippen LogP contribution in [0, 0.1) is 0 Å². The average Bonchev–Trinajstić information content (AvgIpc) is 2.58. The van der Waals surface area contributed by atoms with E-state index in [1.807, 2.05) is 26.0 Å². The van der Waals surface area contributed by atoms with Crippen molar-refractivity contribution in [3.05, 3.63) is 18.2 Å². The van der Waals surface area contributed by atoms with Crippen molar-refractivity contribution in [1.29, 1.82) is 0 Å². The van der Waals surface area contributed by atoms with E-state index in [-0.39, 0.29) is 29.5 Å². The quantitative estimate of drug-likeness (QED) is 0.680. The van der Waals surface area contributed by atoms with E-state index >= 15 is 0 Å². The van der Waals surface area contributed by atoms with Crippen molar-refractivity contribution in [2.75, 3.05) is 35.7 Å². The first-order chi connectivity index (χ1) is 12.1. The molecule has 2 N–H and O–H groups in total. The van der Waals surface area contributed by atoms with Gasteiger partial charge in [-0.15, -0.1) is 11.6 Å². The van der Waals surface area contributed by atoms with E-state index in [4.69, 9.17) is 16.3 Å². The predicted molar refractivity (Wildman–Crippen MR) is 106 cm³/mol. The van der Waals surface area contributed by atoms with Gasteiger partial charge in [0, 0.05) is 25.3 Å². The molecule has 1 heterocycles. The highest BCUT2D eigenvalue weighted by atomic mass is 35.5. The molecule has 0 bridgehead atoms. The Morgan fingerprint density at radius 3 is 2.46 bits per heavy atom. The van der Waals surface area contributed by atoms with Crippen LogP contribution < -0.4 is 10.2 Å². The van der Waals surface area contributed by atoms with Crippen LogP contribution in [0.3, 0.4) is 0 Å². The largest absolute Gasteiger partial charge is 0.390 e. The Kier molecular flexibility index (Phi) is 7.19. The number of aliphatic hydroxyl groups excluding tert-OH is 1. The minimum atomic E-state index is -3.45. The summed E-state index contributed by atoms with van der Waals surface area (Å²) in [7, 11) is -3.45. The summed E-state index contributed by atoms with van der Waals surface area (Å²) in [6, 6.07) is 5.31. The molecule has 8 heteroatoms. The number of ether oxygens (including phenoxy) is 1. The third-order valence-corrected chi connectivity index (χ3v) is 6.95. The first kappa shape index (κ1) is 21.3. The van der Waals surface area contributed by atoms with Crippen LogP contribution in [0.25, 0.3) is 0 Å². The second-order valence-electron chi connectivity index (χ2n) is 7.13. The van der Waals surface area contributed by atoms with Crippen LogP contribution in [0.15, 0.2) is 23.1 Å². The van der Waals surface area contributed by atoms with Crippen molar-refractivity contribution in [2.24, 2.45) is 0 Å². The molecule has 0 radical (unpaired) electrons. The van der Waals surface area contributed by atoms with Gasteiger partial charge in [-0.3, -0.25) is 0 Å². The number of aliphatic hydroxyl groups is 1. The van der Waals surface area contributed by atoms with Crippen molar-refractivity contribution < 1.29 is 18.3 Å². The van der Waals surface area contributed by atoms with E-state index in [9.17, 15) is 13.5 Å². The number of morpholine rings is 1. The highest BCUT2D eigenvalue weighted by Gasteiger charge is 2.26. The Bertz CT molecular complexity index is 701. The molecule has 0 aromatic heterocycles. The molecule has 0 spiro atoms. The third-order valence-electron chi connectivity index (χ3n) is 4.38. The number of alkyl halides is 1. The maximum absolute atomic E-state index is 12.7. The van der Waals surface area contributed by atoms with Crippen molar-refractivity contribution in [2.45, 2.75) is 56.2 Å². The monoisotopic (exact) mass is 404 g/mol. The second-order valence-corrected chi connectivity index (χ2v) is 9.91. The Balaban J connectivity index is 2.38. The van der Waals surface area contributed by atoms with E-state index in [0.29, 0.717) is 5.69 Å². The van der Waals surface area contributed by atoms with Crippen molar-refractivity contribution in [1.82, 2.24) is 0 Å². The maximum atomic E-state index is 12.7. The molecule has 1 aromatic carbocycles. The Labute approximate surface area is 161 Å². The number of halogens is 1. The van der Waals surface area contributed by atoms with Gasteiger partial charge in [0.15, 0.2) is 9.84 Å². The molecule has 3 unspecified atom stereocenters. The van der Waals surface area contributed by atoms with Crippen LogP contribution in [0.1, 0.15) is 27.7 Å². The molecule has 1 aliphatic rings. The lowest BCUT2D eigenvalue weighted by Gasteiger charge is -2.37. The molecule has 0 aliphatic carbocycles. The summed E-state index contributed by atoms with van der Waals surface area (Å²) in [5, 5.41) is 12.3. The van der Waals surface area contributed by atoms with Crippen LogP contribution >= 0.6 is 11.6 Å². The number of nitrogens with zero attached hydrogens (tertiary/aromatic N) is 1. The average molecular weight is 405 g/mol. The first-order valence-corrected chi connectivity index (χ1v) is 11.0. The van der Waals surface area contributed by atoms with Gasteiger partial charge in [-0.1, -0.05) is 0 Å². The molecule has 0 saturated carbocycles. The SMILES string of the molecule is CC1CN(c2ccc(S(=O)(=O)C(C)C)c(NCC(O)CCl)c2)CC(C)O1. The van der Waals surface area contributed by atoms with Crippen molar-refractivity contribution in [3.63, 3.8) is 0 Å². The number of hydrogen-bond acceptors (Lipinski definition) is 6. The van der Waals surface area contributed by atoms with E-state index in [2.05, 4.69) is 10.2 Å². The van der Waals surface area contributed by atoms with Gasteiger partial charge < -0.3 is 20.1 Å². The summed E-state index contributed by atoms with van der Waals surface area (Å²) in [6.45, 7) is 9.03. The molecule has 148 valence electrons.